The average Bonchev–Trinajstić information content (AvgIpc) is 2.35. The Bertz CT molecular complexity index is 458. The van der Waals surface area contributed by atoms with Gasteiger partial charge >= 0.3 is 0 Å². The van der Waals surface area contributed by atoms with E-state index in [0.29, 0.717) is 12.2 Å². The van der Waals surface area contributed by atoms with E-state index in [1.165, 1.54) is 30.6 Å². The van der Waals surface area contributed by atoms with Crippen molar-refractivity contribution in [3.63, 3.8) is 0 Å². The Labute approximate surface area is 102 Å². The molecule has 1 aromatic carbocycles. The zero-order valence-corrected chi connectivity index (χ0v) is 10.8. The molecular formula is C11H17NO4S. The van der Waals surface area contributed by atoms with Gasteiger partial charge in [-0.05, 0) is 18.6 Å². The molecule has 0 saturated heterocycles. The summed E-state index contributed by atoms with van der Waals surface area (Å²) in [5.41, 5.74) is 0. The second-order valence-corrected chi connectivity index (χ2v) is 5.63. The van der Waals surface area contributed by atoms with Gasteiger partial charge in [0.1, 0.15) is 5.75 Å². The highest BCUT2D eigenvalue weighted by molar-refractivity contribution is 7.89. The molecule has 0 unspecified atom stereocenters. The second-order valence-electron chi connectivity index (χ2n) is 3.58. The Kier molecular flexibility index (Phi) is 4.92. The predicted molar refractivity (Wildman–Crippen MR) is 64.5 cm³/mol. The zero-order chi connectivity index (χ0) is 12.9. The fraction of sp³-hybridized carbons (Fsp3) is 0.455. The monoisotopic (exact) mass is 259 g/mol. The summed E-state index contributed by atoms with van der Waals surface area (Å²) in [6, 6.07) is 6.32. The van der Waals surface area contributed by atoms with Gasteiger partial charge in [-0.1, -0.05) is 6.07 Å². The van der Waals surface area contributed by atoms with E-state index in [0.717, 1.165) is 0 Å². The van der Waals surface area contributed by atoms with Crippen molar-refractivity contribution >= 4 is 10.0 Å². The molecule has 1 N–H and O–H groups in total. The number of nitrogens with zero attached hydrogens (tertiary/aromatic N) is 1. The molecule has 0 aliphatic heterocycles. The predicted octanol–water partition coefficient (Wildman–Crippen LogP) is 0.698. The van der Waals surface area contributed by atoms with E-state index in [-0.39, 0.29) is 18.0 Å². The number of ether oxygens (including phenoxy) is 1. The van der Waals surface area contributed by atoms with E-state index in [1.54, 1.807) is 12.1 Å². The van der Waals surface area contributed by atoms with E-state index < -0.39 is 10.0 Å². The van der Waals surface area contributed by atoms with Crippen molar-refractivity contribution < 1.29 is 18.3 Å². The Morgan fingerprint density at radius 2 is 2.12 bits per heavy atom. The van der Waals surface area contributed by atoms with Crippen molar-refractivity contribution in [1.82, 2.24) is 4.31 Å². The molecule has 0 aromatic heterocycles. The first-order chi connectivity index (χ1) is 8.02. The van der Waals surface area contributed by atoms with Gasteiger partial charge in [0.2, 0.25) is 10.0 Å². The molecule has 0 aliphatic rings. The van der Waals surface area contributed by atoms with Gasteiger partial charge in [-0.25, -0.2) is 12.7 Å². The lowest BCUT2D eigenvalue weighted by atomic mass is 10.3. The molecule has 0 spiro atoms. The van der Waals surface area contributed by atoms with Crippen LogP contribution < -0.4 is 4.74 Å². The third kappa shape index (κ3) is 3.42. The minimum absolute atomic E-state index is 0.0298. The van der Waals surface area contributed by atoms with Gasteiger partial charge in [-0.3, -0.25) is 0 Å². The van der Waals surface area contributed by atoms with Crippen LogP contribution in [0.1, 0.15) is 6.42 Å². The third-order valence-electron chi connectivity index (χ3n) is 2.38. The fourth-order valence-corrected chi connectivity index (χ4v) is 2.60. The second kappa shape index (κ2) is 6.00. The molecule has 0 amide bonds. The lowest BCUT2D eigenvalue weighted by Gasteiger charge is -2.16. The van der Waals surface area contributed by atoms with E-state index in [9.17, 15) is 8.42 Å². The molecule has 5 nitrogen and oxygen atoms in total. The van der Waals surface area contributed by atoms with Crippen LogP contribution in [0.3, 0.4) is 0 Å². The largest absolute Gasteiger partial charge is 0.497 e. The Morgan fingerprint density at radius 3 is 2.71 bits per heavy atom. The summed E-state index contributed by atoms with van der Waals surface area (Å²) in [5, 5.41) is 8.69. The van der Waals surface area contributed by atoms with Crippen molar-refractivity contribution in [3.05, 3.63) is 24.3 Å². The van der Waals surface area contributed by atoms with E-state index >= 15 is 0 Å². The molecule has 17 heavy (non-hydrogen) atoms. The first kappa shape index (κ1) is 14.0. The summed E-state index contributed by atoms with van der Waals surface area (Å²) < 4.78 is 30.4. The van der Waals surface area contributed by atoms with Gasteiger partial charge in [-0.2, -0.15) is 0 Å². The quantitative estimate of drug-likeness (QED) is 0.816. The van der Waals surface area contributed by atoms with Crippen molar-refractivity contribution in [3.8, 4) is 5.75 Å². The SMILES string of the molecule is COc1cccc(S(=O)(=O)N(C)CCCO)c1. The van der Waals surface area contributed by atoms with Crippen molar-refractivity contribution in [2.75, 3.05) is 27.3 Å². The summed E-state index contributed by atoms with van der Waals surface area (Å²) in [6.07, 6.45) is 0.416. The van der Waals surface area contributed by atoms with Gasteiger partial charge in [0.25, 0.3) is 0 Å². The minimum Gasteiger partial charge on any atom is -0.497 e. The van der Waals surface area contributed by atoms with E-state index in [4.69, 9.17) is 9.84 Å². The lowest BCUT2D eigenvalue weighted by molar-refractivity contribution is 0.275. The summed E-state index contributed by atoms with van der Waals surface area (Å²) in [4.78, 5) is 0.192. The maximum atomic E-state index is 12.1. The normalized spacial score (nSPS) is 11.8. The molecule has 96 valence electrons. The van der Waals surface area contributed by atoms with Crippen LogP contribution in [-0.2, 0) is 10.0 Å². The molecule has 1 aromatic rings. The molecule has 0 bridgehead atoms. The fourth-order valence-electron chi connectivity index (χ4n) is 1.36. The Balaban J connectivity index is 2.95. The van der Waals surface area contributed by atoms with Crippen LogP contribution in [0.15, 0.2) is 29.2 Å². The Morgan fingerprint density at radius 1 is 1.41 bits per heavy atom. The first-order valence-corrected chi connectivity index (χ1v) is 6.67. The zero-order valence-electron chi connectivity index (χ0n) is 9.96. The molecule has 0 radical (unpaired) electrons. The number of rotatable bonds is 6. The number of aliphatic hydroxyl groups excluding tert-OH is 1. The van der Waals surface area contributed by atoms with Crippen LogP contribution in [0.4, 0.5) is 0 Å². The smallest absolute Gasteiger partial charge is 0.242 e. The highest BCUT2D eigenvalue weighted by Gasteiger charge is 2.20. The number of benzene rings is 1. The van der Waals surface area contributed by atoms with Crippen molar-refractivity contribution in [1.29, 1.82) is 0 Å². The summed E-state index contributed by atoms with van der Waals surface area (Å²) in [5.74, 6) is 0.502. The molecule has 0 atom stereocenters. The molecule has 0 aliphatic carbocycles. The van der Waals surface area contributed by atoms with Crippen LogP contribution in [0.25, 0.3) is 0 Å². The molecule has 0 saturated carbocycles. The van der Waals surface area contributed by atoms with Crippen LogP contribution in [0.5, 0.6) is 5.75 Å². The molecule has 1 rings (SSSR count). The van der Waals surface area contributed by atoms with Gasteiger partial charge in [0, 0.05) is 26.3 Å². The standard InChI is InChI=1S/C11H17NO4S/c1-12(7-4-8-13)17(14,15)11-6-3-5-10(9-11)16-2/h3,5-6,9,13H,4,7-8H2,1-2H3. The summed E-state index contributed by atoms with van der Waals surface area (Å²) in [7, 11) is -0.524. The lowest BCUT2D eigenvalue weighted by Crippen LogP contribution is -2.28. The van der Waals surface area contributed by atoms with E-state index in [1.807, 2.05) is 0 Å². The number of hydrogen-bond acceptors (Lipinski definition) is 4. The third-order valence-corrected chi connectivity index (χ3v) is 4.23. The van der Waals surface area contributed by atoms with Crippen molar-refractivity contribution in [2.45, 2.75) is 11.3 Å². The van der Waals surface area contributed by atoms with Crippen LogP contribution in [0.2, 0.25) is 0 Å². The maximum absolute atomic E-state index is 12.1. The maximum Gasteiger partial charge on any atom is 0.242 e. The molecule has 0 heterocycles. The molecular weight excluding hydrogens is 242 g/mol. The van der Waals surface area contributed by atoms with Crippen LogP contribution in [0, 0.1) is 0 Å². The van der Waals surface area contributed by atoms with Crippen molar-refractivity contribution in [2.24, 2.45) is 0 Å². The van der Waals surface area contributed by atoms with Crippen LogP contribution >= 0.6 is 0 Å². The van der Waals surface area contributed by atoms with Gasteiger partial charge in [0.05, 0.1) is 12.0 Å². The summed E-state index contributed by atoms with van der Waals surface area (Å²) >= 11 is 0. The van der Waals surface area contributed by atoms with Gasteiger partial charge < -0.3 is 9.84 Å². The highest BCUT2D eigenvalue weighted by Crippen LogP contribution is 2.19. The highest BCUT2D eigenvalue weighted by atomic mass is 32.2. The molecule has 6 heteroatoms. The van der Waals surface area contributed by atoms with Gasteiger partial charge in [-0.15, -0.1) is 0 Å². The number of methoxy groups -OCH3 is 1. The number of sulfonamides is 1. The minimum atomic E-state index is -3.50. The van der Waals surface area contributed by atoms with Crippen LogP contribution in [-0.4, -0.2) is 45.1 Å². The number of hydrogen-bond donors (Lipinski definition) is 1. The Hall–Kier alpha value is -1.11. The van der Waals surface area contributed by atoms with E-state index in [2.05, 4.69) is 0 Å². The summed E-state index contributed by atoms with van der Waals surface area (Å²) in [6.45, 7) is 0.258. The van der Waals surface area contributed by atoms with Gasteiger partial charge in [0.15, 0.2) is 0 Å². The first-order valence-electron chi connectivity index (χ1n) is 5.23. The topological polar surface area (TPSA) is 66.8 Å². The molecule has 0 fully saturated rings. The average molecular weight is 259 g/mol. The number of aliphatic hydroxyl groups is 1.